The number of nitrogens with zero attached hydrogens (tertiary/aromatic N) is 6. The number of aromatic hydroxyl groups is 1. The van der Waals surface area contributed by atoms with Crippen LogP contribution in [0.15, 0.2) is 42.9 Å². The third kappa shape index (κ3) is 3.12. The van der Waals surface area contributed by atoms with E-state index in [1.54, 1.807) is 34.6 Å². The number of carbonyl (C=O) groups is 1. The van der Waals surface area contributed by atoms with Crippen LogP contribution >= 0.6 is 0 Å². The monoisotopic (exact) mass is 403 g/mol. The number of fused-ring (bicyclic) bond motifs is 1. The average Bonchev–Trinajstić information content (AvgIpc) is 3.30. The van der Waals surface area contributed by atoms with E-state index in [2.05, 4.69) is 31.2 Å². The van der Waals surface area contributed by atoms with Gasteiger partial charge in [-0.05, 0) is 30.7 Å². The largest absolute Gasteiger partial charge is 0.504 e. The molecule has 144 valence electrons. The molecular formula is C19H17N7O2Si. The molecule has 4 aromatic heterocycles. The van der Waals surface area contributed by atoms with Gasteiger partial charge >= 0.3 is 0 Å². The van der Waals surface area contributed by atoms with Crippen LogP contribution < -0.4 is 5.32 Å². The van der Waals surface area contributed by atoms with E-state index in [-0.39, 0.29) is 16.8 Å². The summed E-state index contributed by atoms with van der Waals surface area (Å²) < 4.78 is 3.12. The lowest BCUT2D eigenvalue weighted by atomic mass is 10.2. The molecule has 1 atom stereocenters. The lowest BCUT2D eigenvalue weighted by Crippen LogP contribution is -2.18. The number of nitrogens with one attached hydrogen (secondary N) is 1. The van der Waals surface area contributed by atoms with Crippen molar-refractivity contribution < 1.29 is 9.90 Å². The fourth-order valence-electron chi connectivity index (χ4n) is 3.24. The van der Waals surface area contributed by atoms with E-state index in [0.717, 1.165) is 11.3 Å². The van der Waals surface area contributed by atoms with Crippen molar-refractivity contribution in [2.24, 2.45) is 7.05 Å². The zero-order valence-corrected chi connectivity index (χ0v) is 16.7. The second-order valence-corrected chi connectivity index (χ2v) is 9.28. The topological polar surface area (TPSA) is 110 Å². The molecule has 0 radical (unpaired) electrons. The third-order valence-corrected chi connectivity index (χ3v) is 6.90. The molecule has 10 heteroatoms. The fraction of sp³-hybridized carbons (Fsp3) is 0.158. The van der Waals surface area contributed by atoms with Crippen LogP contribution in [0.1, 0.15) is 16.8 Å². The highest BCUT2D eigenvalue weighted by Crippen LogP contribution is 2.27. The molecule has 29 heavy (non-hydrogen) atoms. The van der Waals surface area contributed by atoms with Crippen molar-refractivity contribution in [3.05, 3.63) is 54.1 Å². The molecule has 9 nitrogen and oxygen atoms in total. The summed E-state index contributed by atoms with van der Waals surface area (Å²) in [6.07, 6.45) is 4.86. The molecule has 4 aromatic rings. The Labute approximate surface area is 166 Å². The first-order valence-corrected chi connectivity index (χ1v) is 10.7. The van der Waals surface area contributed by atoms with Crippen molar-refractivity contribution >= 4 is 31.1 Å². The standard InChI is InChI=1S/C19H17N7O2Si/c1-11-3-4-12(20-7-11)15-10-29(15)19(28)23-16-9-26-17(22-16)6-5-13(24-26)18-14(27)8-21-25(18)2/h3-10,15,27H,1-2H3,(H,23,28). The Morgan fingerprint density at radius 3 is 2.83 bits per heavy atom. The van der Waals surface area contributed by atoms with Crippen molar-refractivity contribution in [3.63, 3.8) is 0 Å². The SMILES string of the molecule is Cc1ccc(C2C=[Si]2C(=O)Nc2cn3nc(-c4c(O)cnn4C)ccc3n2)nc1. The molecule has 0 fully saturated rings. The summed E-state index contributed by atoms with van der Waals surface area (Å²) in [7, 11) is 0.425. The average molecular weight is 403 g/mol. The highest BCUT2D eigenvalue weighted by atomic mass is 28.2. The van der Waals surface area contributed by atoms with E-state index in [4.69, 9.17) is 0 Å². The molecule has 1 unspecified atom stereocenters. The minimum absolute atomic E-state index is 0.0183. The summed E-state index contributed by atoms with van der Waals surface area (Å²) in [5.41, 5.74) is 5.89. The van der Waals surface area contributed by atoms with Gasteiger partial charge in [-0.3, -0.25) is 14.5 Å². The Morgan fingerprint density at radius 1 is 1.24 bits per heavy atom. The number of amides is 1. The van der Waals surface area contributed by atoms with Gasteiger partial charge in [-0.25, -0.2) is 9.50 Å². The van der Waals surface area contributed by atoms with Gasteiger partial charge in [0.25, 0.3) is 0 Å². The fourth-order valence-corrected chi connectivity index (χ4v) is 5.12. The van der Waals surface area contributed by atoms with Gasteiger partial charge in [0.2, 0.25) is 5.53 Å². The lowest BCUT2D eigenvalue weighted by molar-refractivity contribution is 0.268. The van der Waals surface area contributed by atoms with Crippen molar-refractivity contribution in [3.8, 4) is 17.1 Å². The molecule has 0 saturated carbocycles. The molecule has 0 aliphatic carbocycles. The van der Waals surface area contributed by atoms with Crippen molar-refractivity contribution in [2.45, 2.75) is 12.5 Å². The number of hydrogen-bond donors (Lipinski definition) is 2. The summed E-state index contributed by atoms with van der Waals surface area (Å²) >= 11 is 0. The molecule has 0 spiro atoms. The van der Waals surface area contributed by atoms with Crippen LogP contribution in [0.25, 0.3) is 17.0 Å². The van der Waals surface area contributed by atoms with E-state index in [0.29, 0.717) is 22.9 Å². The van der Waals surface area contributed by atoms with Crippen LogP contribution in [-0.4, -0.2) is 54.1 Å². The number of rotatable bonds is 4. The summed E-state index contributed by atoms with van der Waals surface area (Å²) in [5.74, 6) is 0.500. The van der Waals surface area contributed by atoms with Gasteiger partial charge in [-0.1, -0.05) is 11.7 Å². The number of anilines is 1. The highest BCUT2D eigenvalue weighted by molar-refractivity contribution is 7.07. The maximum absolute atomic E-state index is 12.6. The maximum atomic E-state index is 12.6. The molecule has 0 aromatic carbocycles. The van der Waals surface area contributed by atoms with Gasteiger partial charge in [-0.2, -0.15) is 10.2 Å². The zero-order valence-electron chi connectivity index (χ0n) is 15.7. The Hall–Kier alpha value is -3.66. The van der Waals surface area contributed by atoms with Gasteiger partial charge in [-0.15, -0.1) is 0 Å². The van der Waals surface area contributed by atoms with Crippen LogP contribution in [0.5, 0.6) is 5.75 Å². The molecule has 0 bridgehead atoms. The van der Waals surface area contributed by atoms with Crippen molar-refractivity contribution in [2.75, 3.05) is 5.32 Å². The number of aryl methyl sites for hydroxylation is 2. The molecule has 1 aliphatic heterocycles. The summed E-state index contributed by atoms with van der Waals surface area (Å²) in [6, 6.07) is 7.52. The van der Waals surface area contributed by atoms with E-state index in [1.165, 1.54) is 6.20 Å². The highest BCUT2D eigenvalue weighted by Gasteiger charge is 2.35. The van der Waals surface area contributed by atoms with E-state index >= 15 is 0 Å². The van der Waals surface area contributed by atoms with Crippen LogP contribution in [0.3, 0.4) is 0 Å². The first-order chi connectivity index (χ1) is 14.0. The molecular weight excluding hydrogens is 386 g/mol. The second kappa shape index (κ2) is 6.45. The first-order valence-electron chi connectivity index (χ1n) is 9.03. The molecule has 1 aliphatic rings. The Bertz CT molecular complexity index is 1270. The predicted molar refractivity (Wildman–Crippen MR) is 109 cm³/mol. The molecule has 5 heterocycles. The lowest BCUT2D eigenvalue weighted by Gasteiger charge is -2.02. The Balaban J connectivity index is 1.34. The minimum atomic E-state index is -1.31. The van der Waals surface area contributed by atoms with Gasteiger partial charge in [0, 0.05) is 24.5 Å². The van der Waals surface area contributed by atoms with E-state index in [9.17, 15) is 9.90 Å². The maximum Gasteiger partial charge on any atom is 0.217 e. The summed E-state index contributed by atoms with van der Waals surface area (Å²) in [6.45, 7) is 1.99. The normalized spacial score (nSPS) is 15.4. The number of hydrogen-bond acceptors (Lipinski definition) is 6. The summed E-state index contributed by atoms with van der Waals surface area (Å²) in [5, 5.41) is 21.4. The van der Waals surface area contributed by atoms with E-state index < -0.39 is 8.41 Å². The van der Waals surface area contributed by atoms with Crippen LogP contribution in [0.2, 0.25) is 0 Å². The number of aromatic nitrogens is 6. The Kier molecular flexibility index (Phi) is 3.88. The van der Waals surface area contributed by atoms with Gasteiger partial charge < -0.3 is 10.4 Å². The van der Waals surface area contributed by atoms with Crippen LogP contribution in [0, 0.1) is 6.92 Å². The predicted octanol–water partition coefficient (Wildman–Crippen LogP) is 1.87. The number of pyridine rings is 1. The minimum Gasteiger partial charge on any atom is -0.504 e. The second-order valence-electron chi connectivity index (χ2n) is 6.96. The van der Waals surface area contributed by atoms with Crippen molar-refractivity contribution in [1.29, 1.82) is 0 Å². The Morgan fingerprint density at radius 2 is 2.10 bits per heavy atom. The van der Waals surface area contributed by atoms with Crippen LogP contribution in [0.4, 0.5) is 10.6 Å². The third-order valence-electron chi connectivity index (χ3n) is 4.81. The van der Waals surface area contributed by atoms with E-state index in [1.807, 2.05) is 25.3 Å². The molecule has 0 saturated heterocycles. The van der Waals surface area contributed by atoms with Crippen molar-refractivity contribution in [1.82, 2.24) is 29.4 Å². The molecule has 2 N–H and O–H groups in total. The summed E-state index contributed by atoms with van der Waals surface area (Å²) in [4.78, 5) is 21.4. The molecule has 5 rings (SSSR count). The number of carbonyl (C=O) groups excluding carboxylic acids is 1. The molecule has 1 amide bonds. The quantitative estimate of drug-likeness (QED) is 0.503. The number of imidazole rings is 1. The van der Waals surface area contributed by atoms with Gasteiger partial charge in [0.1, 0.15) is 19.8 Å². The van der Waals surface area contributed by atoms with Gasteiger partial charge in [0.05, 0.1) is 12.4 Å². The zero-order chi connectivity index (χ0) is 20.1. The van der Waals surface area contributed by atoms with Crippen LogP contribution in [-0.2, 0) is 7.05 Å². The van der Waals surface area contributed by atoms with Gasteiger partial charge in [0.15, 0.2) is 17.2 Å². The first kappa shape index (κ1) is 17.4. The smallest absolute Gasteiger partial charge is 0.217 e.